The average molecular weight is 409 g/mol. The molecule has 0 saturated carbocycles. The highest BCUT2D eigenvalue weighted by molar-refractivity contribution is 8.02. The van der Waals surface area contributed by atoms with Gasteiger partial charge in [0.15, 0.2) is 11.4 Å². The number of ether oxygens (including phenoxy) is 4. The lowest BCUT2D eigenvalue weighted by atomic mass is 10.2. The summed E-state index contributed by atoms with van der Waals surface area (Å²) in [6.07, 6.45) is -0.130. The molecule has 1 radical (unpaired) electrons. The molecule has 3 aliphatic heterocycles. The molecule has 3 N–H and O–H groups in total. The Morgan fingerprint density at radius 1 is 1.39 bits per heavy atom. The molecular weight excluding hydrogens is 392 g/mol. The third-order valence-electron chi connectivity index (χ3n) is 4.33. The number of urea groups is 1. The van der Waals surface area contributed by atoms with Crippen molar-refractivity contribution in [3.05, 3.63) is 23.6 Å². The number of carboxylic acid groups (broad SMARTS) is 1. The van der Waals surface area contributed by atoms with Crippen LogP contribution in [0.5, 0.6) is 5.75 Å². The maximum atomic E-state index is 11.9. The number of methoxy groups -OCH3 is 1. The molecule has 1 aromatic rings. The molecule has 11 nitrogen and oxygen atoms in total. The molecule has 1 saturated heterocycles. The van der Waals surface area contributed by atoms with Crippen LogP contribution in [-0.4, -0.2) is 55.5 Å². The van der Waals surface area contributed by atoms with Gasteiger partial charge in [-0.2, -0.15) is 0 Å². The number of pyridine rings is 1. The number of aliphatic carboxylic acids is 1. The van der Waals surface area contributed by atoms with Gasteiger partial charge in [-0.25, -0.2) is 14.6 Å². The number of hydrogen-bond donors (Lipinski definition) is 2. The van der Waals surface area contributed by atoms with Crippen LogP contribution in [0, 0.1) is 5.88 Å². The van der Waals surface area contributed by atoms with E-state index in [1.807, 2.05) is 4.90 Å². The van der Waals surface area contributed by atoms with E-state index < -0.39 is 18.3 Å². The summed E-state index contributed by atoms with van der Waals surface area (Å²) in [5.41, 5.74) is 6.14. The summed E-state index contributed by atoms with van der Waals surface area (Å²) in [6.45, 7) is 2.28. The van der Waals surface area contributed by atoms with Crippen molar-refractivity contribution in [1.29, 1.82) is 0 Å². The molecule has 2 amide bonds. The highest BCUT2D eigenvalue weighted by Crippen LogP contribution is 2.53. The monoisotopic (exact) mass is 409 g/mol. The molecule has 149 valence electrons. The first-order valence-corrected chi connectivity index (χ1v) is 9.18. The van der Waals surface area contributed by atoms with E-state index in [1.165, 1.54) is 23.8 Å². The van der Waals surface area contributed by atoms with Crippen molar-refractivity contribution >= 4 is 35.3 Å². The van der Waals surface area contributed by atoms with Gasteiger partial charge < -0.3 is 34.7 Å². The molecule has 0 bridgehead atoms. The number of rotatable bonds is 4. The second kappa shape index (κ2) is 7.28. The fourth-order valence-corrected chi connectivity index (χ4v) is 4.06. The Balaban J connectivity index is 1.82. The third kappa shape index (κ3) is 3.03. The van der Waals surface area contributed by atoms with E-state index in [0.717, 1.165) is 6.26 Å². The van der Waals surface area contributed by atoms with Crippen LogP contribution in [0.2, 0.25) is 0 Å². The Bertz CT molecular complexity index is 856. The van der Waals surface area contributed by atoms with Crippen molar-refractivity contribution < 1.29 is 33.6 Å². The molecule has 3 aliphatic rings. The Hall–Kier alpha value is -2.86. The van der Waals surface area contributed by atoms with Crippen molar-refractivity contribution in [2.24, 2.45) is 5.73 Å². The number of hydrogen-bond acceptors (Lipinski definition) is 9. The summed E-state index contributed by atoms with van der Waals surface area (Å²) in [6, 6.07) is -0.688. The van der Waals surface area contributed by atoms with E-state index >= 15 is 0 Å². The molecule has 1 fully saturated rings. The number of carboxylic acids is 1. The molecule has 12 heteroatoms. The number of aromatic nitrogens is 1. The zero-order valence-electron chi connectivity index (χ0n) is 14.8. The number of fused-ring (bicyclic) bond motifs is 1. The van der Waals surface area contributed by atoms with Crippen LogP contribution in [0.15, 0.2) is 16.9 Å². The molecule has 4 heterocycles. The summed E-state index contributed by atoms with van der Waals surface area (Å²) >= 11 is 1.30. The van der Waals surface area contributed by atoms with Crippen LogP contribution in [-0.2, 0) is 19.0 Å². The molecule has 0 spiro atoms. The summed E-state index contributed by atoms with van der Waals surface area (Å²) in [7, 11) is 1.41. The fourth-order valence-electron chi connectivity index (χ4n) is 3.06. The third-order valence-corrected chi connectivity index (χ3v) is 5.26. The van der Waals surface area contributed by atoms with Gasteiger partial charge in [0.1, 0.15) is 23.6 Å². The number of nitrogens with two attached hydrogens (primary N) is 1. The lowest BCUT2D eigenvalue weighted by molar-refractivity contribution is -0.139. The lowest BCUT2D eigenvalue weighted by Gasteiger charge is -2.30. The average Bonchev–Trinajstić information content (AvgIpc) is 3.35. The number of morpholine rings is 1. The summed E-state index contributed by atoms with van der Waals surface area (Å²) < 4.78 is 21.6. The molecule has 1 aromatic heterocycles. The summed E-state index contributed by atoms with van der Waals surface area (Å²) in [4.78, 5) is 31.7. The standard InChI is InChI=1S/C16H17N4O7S/c1-24-11-9(15-26-6-8(27-15)14(21)22)18-13(19-2-4-25-5-3-19)12-10(11)20(7-28-12)16(17)23/h6-7,15H,2-5H2,1H3,(H2,17,23)(H,21,22). The quantitative estimate of drug-likeness (QED) is 0.741. The molecule has 1 unspecified atom stereocenters. The highest BCUT2D eigenvalue weighted by Gasteiger charge is 2.39. The van der Waals surface area contributed by atoms with Crippen LogP contribution in [0.4, 0.5) is 16.3 Å². The van der Waals surface area contributed by atoms with E-state index in [9.17, 15) is 9.59 Å². The second-order valence-corrected chi connectivity index (χ2v) is 6.79. The van der Waals surface area contributed by atoms with Crippen molar-refractivity contribution in [3.8, 4) is 5.75 Å². The Labute approximate surface area is 164 Å². The number of nitrogens with zero attached hydrogens (tertiary/aromatic N) is 3. The number of carbonyl (C=O) groups is 2. The van der Waals surface area contributed by atoms with Crippen LogP contribution < -0.4 is 20.3 Å². The van der Waals surface area contributed by atoms with Crippen molar-refractivity contribution in [1.82, 2.24) is 4.98 Å². The van der Waals surface area contributed by atoms with Crippen LogP contribution in [0.25, 0.3) is 0 Å². The van der Waals surface area contributed by atoms with Gasteiger partial charge in [0.05, 0.1) is 25.2 Å². The fraction of sp³-hybridized carbons (Fsp3) is 0.375. The number of thioether (sulfide) groups is 1. The summed E-state index contributed by atoms with van der Waals surface area (Å²) in [5, 5.41) is 9.11. The zero-order chi connectivity index (χ0) is 19.8. The van der Waals surface area contributed by atoms with Crippen LogP contribution >= 0.6 is 11.8 Å². The van der Waals surface area contributed by atoms with E-state index in [-0.39, 0.29) is 17.2 Å². The minimum Gasteiger partial charge on any atom is -0.492 e. The van der Waals surface area contributed by atoms with Gasteiger partial charge in [0.25, 0.3) is 6.29 Å². The molecule has 28 heavy (non-hydrogen) atoms. The van der Waals surface area contributed by atoms with Gasteiger partial charge in [-0.3, -0.25) is 4.90 Å². The smallest absolute Gasteiger partial charge is 0.374 e. The molecule has 0 aromatic carbocycles. The van der Waals surface area contributed by atoms with Gasteiger partial charge in [-0.05, 0) is 0 Å². The van der Waals surface area contributed by atoms with E-state index in [2.05, 4.69) is 4.98 Å². The van der Waals surface area contributed by atoms with Crippen LogP contribution in [0.3, 0.4) is 0 Å². The van der Waals surface area contributed by atoms with Crippen molar-refractivity contribution in [3.63, 3.8) is 0 Å². The predicted molar refractivity (Wildman–Crippen MR) is 96.7 cm³/mol. The normalized spacial score (nSPS) is 20.9. The van der Waals surface area contributed by atoms with Crippen molar-refractivity contribution in [2.75, 3.05) is 43.2 Å². The first-order valence-electron chi connectivity index (χ1n) is 8.30. The first kappa shape index (κ1) is 18.5. The first-order chi connectivity index (χ1) is 13.5. The molecule has 0 aliphatic carbocycles. The van der Waals surface area contributed by atoms with Gasteiger partial charge in [-0.1, -0.05) is 11.8 Å². The maximum absolute atomic E-state index is 11.9. The van der Waals surface area contributed by atoms with E-state index in [1.54, 1.807) is 5.88 Å². The van der Waals surface area contributed by atoms with E-state index in [0.29, 0.717) is 42.7 Å². The molecular formula is C16H17N4O7S. The minimum absolute atomic E-state index is 0.206. The largest absolute Gasteiger partial charge is 0.492 e. The van der Waals surface area contributed by atoms with Gasteiger partial charge in [-0.15, -0.1) is 0 Å². The second-order valence-electron chi connectivity index (χ2n) is 5.94. The van der Waals surface area contributed by atoms with Gasteiger partial charge >= 0.3 is 12.0 Å². The Kier molecular flexibility index (Phi) is 4.81. The van der Waals surface area contributed by atoms with Crippen LogP contribution in [0.1, 0.15) is 12.0 Å². The number of carbonyl (C=O) groups excluding carboxylic acids is 1. The molecule has 1 atom stereocenters. The zero-order valence-corrected chi connectivity index (χ0v) is 15.6. The minimum atomic E-state index is -1.27. The van der Waals surface area contributed by atoms with E-state index in [4.69, 9.17) is 29.8 Å². The number of anilines is 2. The Morgan fingerprint density at radius 2 is 2.14 bits per heavy atom. The van der Waals surface area contributed by atoms with Crippen molar-refractivity contribution in [2.45, 2.75) is 11.2 Å². The SMILES string of the molecule is COc1c(C2OC=C(C(=O)O)O2)nc(N2CCOCC2)c2c1N(C(N)=O)[CH]S2. The highest BCUT2D eigenvalue weighted by atomic mass is 32.2. The number of amides is 2. The topological polar surface area (TPSA) is 137 Å². The summed E-state index contributed by atoms with van der Waals surface area (Å²) in [5.74, 6) is 0.767. The lowest BCUT2D eigenvalue weighted by Crippen LogP contribution is -2.37. The van der Waals surface area contributed by atoms with Gasteiger partial charge in [0.2, 0.25) is 5.76 Å². The molecule has 4 rings (SSSR count). The number of primary amides is 1. The maximum Gasteiger partial charge on any atom is 0.374 e. The van der Waals surface area contributed by atoms with Gasteiger partial charge in [0, 0.05) is 13.1 Å². The Morgan fingerprint density at radius 3 is 2.75 bits per heavy atom. The predicted octanol–water partition coefficient (Wildman–Crippen LogP) is 1.01.